The number of carboxylic acids is 1. The number of ether oxygens (including phenoxy) is 1. The van der Waals surface area contributed by atoms with E-state index in [1.807, 2.05) is 0 Å². The van der Waals surface area contributed by atoms with Gasteiger partial charge < -0.3 is 14.4 Å². The van der Waals surface area contributed by atoms with Crippen LogP contribution in [0.1, 0.15) is 41.5 Å². The van der Waals surface area contributed by atoms with Gasteiger partial charge in [-0.15, -0.1) is 0 Å². The minimum Gasteiger partial charge on any atom is -0.477 e. The van der Waals surface area contributed by atoms with E-state index < -0.39 is 5.97 Å². The van der Waals surface area contributed by atoms with Gasteiger partial charge in [-0.05, 0) is 31.4 Å². The molecule has 2 rings (SSSR count). The predicted octanol–water partition coefficient (Wildman–Crippen LogP) is 2.57. The first-order chi connectivity index (χ1) is 10.1. The maximum atomic E-state index is 12.1. The normalized spacial score (nSPS) is 18.3. The molecule has 21 heavy (non-hydrogen) atoms. The molecule has 1 amide bonds. The Bertz CT molecular complexity index is 550. The molecule has 6 heteroatoms. The van der Waals surface area contributed by atoms with Crippen LogP contribution in [0.5, 0.6) is 0 Å². The van der Waals surface area contributed by atoms with Gasteiger partial charge in [0, 0.05) is 19.3 Å². The Morgan fingerprint density at radius 1 is 1.48 bits per heavy atom. The van der Waals surface area contributed by atoms with E-state index in [0.29, 0.717) is 6.54 Å². The first kappa shape index (κ1) is 15.2. The second kappa shape index (κ2) is 6.47. The molecule has 0 spiro atoms. The number of hydrogen-bond donors (Lipinski definition) is 1. The van der Waals surface area contributed by atoms with Crippen LogP contribution in [0.2, 0.25) is 0 Å². The van der Waals surface area contributed by atoms with Crippen molar-refractivity contribution in [1.29, 1.82) is 0 Å². The smallest absolute Gasteiger partial charge is 0.410 e. The molecule has 0 aromatic carbocycles. The lowest BCUT2D eigenvalue weighted by Crippen LogP contribution is -2.39. The van der Waals surface area contributed by atoms with Crippen LogP contribution >= 0.6 is 0 Å². The number of likely N-dealkylation sites (tertiary alicyclic amines) is 1. The standard InChI is InChI=1S/C15H20N2O4/c1-3-10-21-15(20)17-9-5-4-6-12(17)11-7-8-13(14(18)19)16(11)2/h3,7-8,12H,1,4-6,9-10H2,2H3,(H,18,19). The molecule has 1 aromatic heterocycles. The quantitative estimate of drug-likeness (QED) is 0.866. The fourth-order valence-corrected chi connectivity index (χ4v) is 2.75. The van der Waals surface area contributed by atoms with E-state index in [1.165, 1.54) is 6.08 Å². The molecule has 1 N–H and O–H groups in total. The average molecular weight is 292 g/mol. The molecule has 0 saturated carbocycles. The number of piperidine rings is 1. The molecule has 0 bridgehead atoms. The molecular weight excluding hydrogens is 272 g/mol. The fraction of sp³-hybridized carbons (Fsp3) is 0.467. The van der Waals surface area contributed by atoms with Crippen LogP contribution in [0, 0.1) is 0 Å². The number of aromatic nitrogens is 1. The van der Waals surface area contributed by atoms with Gasteiger partial charge in [0.15, 0.2) is 0 Å². The number of aromatic carboxylic acids is 1. The van der Waals surface area contributed by atoms with E-state index in [4.69, 9.17) is 9.84 Å². The highest BCUT2D eigenvalue weighted by molar-refractivity contribution is 5.86. The molecule has 1 aliphatic rings. The van der Waals surface area contributed by atoms with Crippen LogP contribution in [-0.2, 0) is 11.8 Å². The average Bonchev–Trinajstić information content (AvgIpc) is 2.86. The largest absolute Gasteiger partial charge is 0.477 e. The van der Waals surface area contributed by atoms with E-state index in [9.17, 15) is 9.59 Å². The van der Waals surface area contributed by atoms with Gasteiger partial charge >= 0.3 is 12.1 Å². The summed E-state index contributed by atoms with van der Waals surface area (Å²) in [4.78, 5) is 24.9. The van der Waals surface area contributed by atoms with Crippen molar-refractivity contribution >= 4 is 12.1 Å². The topological polar surface area (TPSA) is 71.8 Å². The highest BCUT2D eigenvalue weighted by Crippen LogP contribution is 2.32. The zero-order valence-corrected chi connectivity index (χ0v) is 12.1. The second-order valence-electron chi connectivity index (χ2n) is 5.08. The van der Waals surface area contributed by atoms with Crippen LogP contribution in [0.15, 0.2) is 24.8 Å². The van der Waals surface area contributed by atoms with Gasteiger partial charge in [0.2, 0.25) is 0 Å². The molecule has 1 saturated heterocycles. The lowest BCUT2D eigenvalue weighted by molar-refractivity contribution is 0.0684. The summed E-state index contributed by atoms with van der Waals surface area (Å²) in [7, 11) is 1.71. The van der Waals surface area contributed by atoms with Crippen molar-refractivity contribution in [2.45, 2.75) is 25.3 Å². The van der Waals surface area contributed by atoms with Crippen molar-refractivity contribution in [3.05, 3.63) is 36.2 Å². The number of hydrogen-bond acceptors (Lipinski definition) is 3. The summed E-state index contributed by atoms with van der Waals surface area (Å²) in [5.74, 6) is -0.972. The van der Waals surface area contributed by atoms with Gasteiger partial charge in [0.25, 0.3) is 0 Å². The Labute approximate surface area is 123 Å². The number of carboxylic acid groups (broad SMARTS) is 1. The van der Waals surface area contributed by atoms with Gasteiger partial charge in [0.1, 0.15) is 12.3 Å². The molecule has 1 unspecified atom stereocenters. The zero-order chi connectivity index (χ0) is 15.4. The Balaban J connectivity index is 2.24. The van der Waals surface area contributed by atoms with Crippen molar-refractivity contribution in [3.63, 3.8) is 0 Å². The van der Waals surface area contributed by atoms with Crippen LogP contribution < -0.4 is 0 Å². The van der Waals surface area contributed by atoms with E-state index in [-0.39, 0.29) is 24.4 Å². The Morgan fingerprint density at radius 2 is 2.24 bits per heavy atom. The monoisotopic (exact) mass is 292 g/mol. The van der Waals surface area contributed by atoms with Gasteiger partial charge in [-0.2, -0.15) is 0 Å². The first-order valence-corrected chi connectivity index (χ1v) is 6.99. The number of amides is 1. The Hall–Kier alpha value is -2.24. The van der Waals surface area contributed by atoms with Gasteiger partial charge in [-0.25, -0.2) is 9.59 Å². The van der Waals surface area contributed by atoms with Crippen molar-refractivity contribution in [1.82, 2.24) is 9.47 Å². The van der Waals surface area contributed by atoms with Crippen LogP contribution in [0.4, 0.5) is 4.79 Å². The zero-order valence-electron chi connectivity index (χ0n) is 12.1. The van der Waals surface area contributed by atoms with E-state index in [1.54, 1.807) is 28.6 Å². The van der Waals surface area contributed by atoms with Crippen molar-refractivity contribution in [2.75, 3.05) is 13.2 Å². The van der Waals surface area contributed by atoms with Crippen LogP contribution in [0.3, 0.4) is 0 Å². The highest BCUT2D eigenvalue weighted by Gasteiger charge is 2.31. The highest BCUT2D eigenvalue weighted by atomic mass is 16.6. The molecule has 0 aliphatic carbocycles. The van der Waals surface area contributed by atoms with Crippen LogP contribution in [0.25, 0.3) is 0 Å². The first-order valence-electron chi connectivity index (χ1n) is 6.99. The molecule has 0 radical (unpaired) electrons. The third kappa shape index (κ3) is 3.09. The fourth-order valence-electron chi connectivity index (χ4n) is 2.75. The Kier molecular flexibility index (Phi) is 4.67. The Morgan fingerprint density at radius 3 is 2.86 bits per heavy atom. The molecule has 1 fully saturated rings. The maximum absolute atomic E-state index is 12.1. The summed E-state index contributed by atoms with van der Waals surface area (Å²) in [6, 6.07) is 3.20. The predicted molar refractivity (Wildman–Crippen MR) is 77.2 cm³/mol. The summed E-state index contributed by atoms with van der Waals surface area (Å²) in [5.41, 5.74) is 1.04. The van der Waals surface area contributed by atoms with E-state index in [0.717, 1.165) is 25.0 Å². The summed E-state index contributed by atoms with van der Waals surface area (Å²) < 4.78 is 6.75. The summed E-state index contributed by atoms with van der Waals surface area (Å²) >= 11 is 0. The summed E-state index contributed by atoms with van der Waals surface area (Å²) in [6.07, 6.45) is 3.89. The molecule has 2 heterocycles. The molecule has 1 aliphatic heterocycles. The maximum Gasteiger partial charge on any atom is 0.410 e. The van der Waals surface area contributed by atoms with E-state index >= 15 is 0 Å². The van der Waals surface area contributed by atoms with Crippen molar-refractivity contribution in [3.8, 4) is 0 Å². The van der Waals surface area contributed by atoms with Crippen molar-refractivity contribution < 1.29 is 19.4 Å². The number of carbonyl (C=O) groups is 2. The minimum atomic E-state index is -0.972. The molecule has 114 valence electrons. The SMILES string of the molecule is C=CCOC(=O)N1CCCCC1c1ccc(C(=O)O)n1C. The van der Waals surface area contributed by atoms with Crippen LogP contribution in [-0.4, -0.2) is 39.8 Å². The summed E-state index contributed by atoms with van der Waals surface area (Å²) in [6.45, 7) is 4.32. The molecular formula is C15H20N2O4. The molecule has 6 nitrogen and oxygen atoms in total. The van der Waals surface area contributed by atoms with Gasteiger partial charge in [-0.1, -0.05) is 12.7 Å². The number of carbonyl (C=O) groups excluding carboxylic acids is 1. The second-order valence-corrected chi connectivity index (χ2v) is 5.08. The minimum absolute atomic E-state index is 0.144. The molecule has 1 atom stereocenters. The summed E-state index contributed by atoms with van der Waals surface area (Å²) in [5, 5.41) is 9.13. The lowest BCUT2D eigenvalue weighted by atomic mass is 10.00. The van der Waals surface area contributed by atoms with E-state index in [2.05, 4.69) is 6.58 Å². The third-order valence-electron chi connectivity index (χ3n) is 3.78. The van der Waals surface area contributed by atoms with Gasteiger partial charge in [0.05, 0.1) is 6.04 Å². The number of nitrogens with zero attached hydrogens (tertiary/aromatic N) is 2. The molecule has 1 aromatic rings. The van der Waals surface area contributed by atoms with Crippen molar-refractivity contribution in [2.24, 2.45) is 7.05 Å². The third-order valence-corrected chi connectivity index (χ3v) is 3.78. The number of rotatable bonds is 4. The lowest BCUT2D eigenvalue weighted by Gasteiger charge is -2.35. The van der Waals surface area contributed by atoms with Gasteiger partial charge in [-0.3, -0.25) is 4.90 Å².